The third-order valence-corrected chi connectivity index (χ3v) is 9.11. The minimum Gasteiger partial charge on any atom is -0.481 e. The molecule has 0 aliphatic rings. The molecule has 0 aliphatic carbocycles. The fourth-order valence-electron chi connectivity index (χ4n) is 5.45. The molecular weight excluding hydrogens is 763 g/mol. The number of alkyl carbamates (subject to hydrolysis) is 1. The highest BCUT2D eigenvalue weighted by atomic mass is 32.1. The van der Waals surface area contributed by atoms with Gasteiger partial charge in [0, 0.05) is 30.4 Å². The van der Waals surface area contributed by atoms with Gasteiger partial charge in [0.1, 0.15) is 36.8 Å². The van der Waals surface area contributed by atoms with E-state index in [2.05, 4.69) is 41.5 Å². The van der Waals surface area contributed by atoms with Crippen molar-refractivity contribution in [1.82, 2.24) is 36.2 Å². The van der Waals surface area contributed by atoms with Gasteiger partial charge in [-0.3, -0.25) is 28.8 Å². The molecule has 4 rings (SSSR count). The average molecular weight is 804 g/mol. The second-order valence-corrected chi connectivity index (χ2v) is 14.2. The van der Waals surface area contributed by atoms with E-state index in [1.54, 1.807) is 50.2 Å². The number of nitrogens with one attached hydrogen (secondary N) is 6. The summed E-state index contributed by atoms with van der Waals surface area (Å²) in [4.78, 5) is 101. The van der Waals surface area contributed by atoms with Crippen molar-refractivity contribution in [3.05, 3.63) is 77.3 Å². The summed E-state index contributed by atoms with van der Waals surface area (Å²) in [6.07, 6.45) is -0.175. The summed E-state index contributed by atoms with van der Waals surface area (Å²) >= 11 is 1.08. The molecule has 300 valence electrons. The Morgan fingerprint density at radius 3 is 2.19 bits per heavy atom. The number of hydrogen-bond acceptors (Lipinski definition) is 12. The van der Waals surface area contributed by atoms with E-state index in [0.717, 1.165) is 11.3 Å². The molecule has 57 heavy (non-hydrogen) atoms. The number of carbonyl (C=O) groups excluding carboxylic acids is 5. The topological polar surface area (TPSA) is 295 Å². The third-order valence-electron chi connectivity index (χ3n) is 8.18. The molecule has 8 N–H and O–H groups in total. The molecule has 0 aliphatic heterocycles. The van der Waals surface area contributed by atoms with Gasteiger partial charge in [-0.05, 0) is 42.5 Å². The Morgan fingerprint density at radius 2 is 1.54 bits per heavy atom. The lowest BCUT2D eigenvalue weighted by Gasteiger charge is -2.26. The number of aromatic nitrogens is 3. The highest BCUT2D eigenvalue weighted by molar-refractivity contribution is 7.19. The number of anilines is 1. The first-order valence-electron chi connectivity index (χ1n) is 17.6. The zero-order chi connectivity index (χ0) is 41.5. The van der Waals surface area contributed by atoms with Gasteiger partial charge in [0.05, 0.1) is 23.0 Å². The summed E-state index contributed by atoms with van der Waals surface area (Å²) < 4.78 is 5.83. The van der Waals surface area contributed by atoms with E-state index in [1.165, 1.54) is 24.7 Å². The van der Waals surface area contributed by atoms with Crippen LogP contribution in [0.4, 0.5) is 10.5 Å². The van der Waals surface area contributed by atoms with Gasteiger partial charge in [-0.15, -0.1) is 11.3 Å². The molecule has 0 bridgehead atoms. The van der Waals surface area contributed by atoms with Gasteiger partial charge in [-0.2, -0.15) is 5.26 Å². The van der Waals surface area contributed by atoms with Gasteiger partial charge in [-0.25, -0.2) is 14.8 Å². The summed E-state index contributed by atoms with van der Waals surface area (Å²) in [5.41, 5.74) is 1.80. The zero-order valence-corrected chi connectivity index (χ0v) is 31.6. The van der Waals surface area contributed by atoms with E-state index in [4.69, 9.17) is 10.00 Å². The monoisotopic (exact) mass is 803 g/mol. The molecule has 0 radical (unpaired) electrons. The van der Waals surface area contributed by atoms with Gasteiger partial charge < -0.3 is 46.5 Å². The highest BCUT2D eigenvalue weighted by Gasteiger charge is 2.33. The molecule has 0 saturated heterocycles. The van der Waals surface area contributed by atoms with Crippen LogP contribution in [0.25, 0.3) is 10.2 Å². The number of aromatic amines is 1. The number of nitrogens with zero attached hydrogens (tertiary/aromatic N) is 3. The summed E-state index contributed by atoms with van der Waals surface area (Å²) in [5.74, 6) is -6.51. The van der Waals surface area contributed by atoms with Crippen LogP contribution >= 0.6 is 11.3 Å². The van der Waals surface area contributed by atoms with Crippen molar-refractivity contribution in [2.24, 2.45) is 5.92 Å². The van der Waals surface area contributed by atoms with Crippen molar-refractivity contribution in [3.63, 3.8) is 0 Å². The van der Waals surface area contributed by atoms with E-state index in [-0.39, 0.29) is 36.1 Å². The Labute approximate surface area is 329 Å². The molecule has 0 spiro atoms. The first-order valence-corrected chi connectivity index (χ1v) is 18.4. The largest absolute Gasteiger partial charge is 0.481 e. The van der Waals surface area contributed by atoms with Crippen molar-refractivity contribution in [3.8, 4) is 6.07 Å². The van der Waals surface area contributed by atoms with Gasteiger partial charge in [0.2, 0.25) is 23.6 Å². The number of H-pyrrole nitrogens is 1. The predicted octanol–water partition coefficient (Wildman–Crippen LogP) is 2.21. The number of hydrogen-bond donors (Lipinski definition) is 8. The Bertz CT molecular complexity index is 2100. The van der Waals surface area contributed by atoms with Gasteiger partial charge in [-0.1, -0.05) is 44.2 Å². The predicted molar refractivity (Wildman–Crippen MR) is 203 cm³/mol. The molecular formula is C37H41N9O10S. The number of imidazole rings is 1. The van der Waals surface area contributed by atoms with Crippen LogP contribution in [0.1, 0.15) is 55.8 Å². The van der Waals surface area contributed by atoms with Crippen molar-refractivity contribution in [2.45, 2.75) is 76.7 Å². The Morgan fingerprint density at radius 1 is 0.860 bits per heavy atom. The first kappa shape index (κ1) is 42.9. The van der Waals surface area contributed by atoms with Gasteiger partial charge in [0.25, 0.3) is 0 Å². The van der Waals surface area contributed by atoms with Crippen LogP contribution in [0.5, 0.6) is 0 Å². The Hall–Kier alpha value is -6.88. The lowest BCUT2D eigenvalue weighted by molar-refractivity contribution is -0.140. The third kappa shape index (κ3) is 13.7. The standard InChI is InChI=1S/C37H41N9O10S/c1-20(2)12-26(46-37(55)56-18-21-6-4-3-5-7-21)35(53)43-25(10-11-31(47)48)33(51)44-27(13-23-17-39-19-40-23)36(54)45-28(15-32(49)50)34(52)41-22-8-9-24-29(14-22)57-30(16-38)42-24/h3-9,14,17,19-20,25-28H,10-13,15,18H2,1-2H3,(H,39,40)(H,41,52)(H,43,53)(H,44,51)(H,45,54)(H,46,55)(H,47,48)(H,49,50). The van der Waals surface area contributed by atoms with Crippen LogP contribution < -0.4 is 26.6 Å². The number of amides is 5. The Kier molecular flexibility index (Phi) is 15.6. The number of fused-ring (bicyclic) bond motifs is 1. The van der Waals surface area contributed by atoms with Crippen molar-refractivity contribution in [1.29, 1.82) is 5.26 Å². The minimum absolute atomic E-state index is 0.0756. The number of aliphatic carboxylic acids is 2. The highest BCUT2D eigenvalue weighted by Crippen LogP contribution is 2.25. The van der Waals surface area contributed by atoms with Crippen LogP contribution in [0, 0.1) is 17.2 Å². The Balaban J connectivity index is 1.50. The van der Waals surface area contributed by atoms with E-state index >= 15 is 0 Å². The maximum Gasteiger partial charge on any atom is 0.408 e. The quantitative estimate of drug-likeness (QED) is 0.0637. The number of carbonyl (C=O) groups is 7. The van der Waals surface area contributed by atoms with Crippen molar-refractivity contribution < 1.29 is 48.5 Å². The molecule has 0 saturated carbocycles. The lowest BCUT2D eigenvalue weighted by Crippen LogP contribution is -2.58. The number of thiazole rings is 1. The van der Waals surface area contributed by atoms with Gasteiger partial charge in [0.15, 0.2) is 5.01 Å². The smallest absolute Gasteiger partial charge is 0.408 e. The lowest BCUT2D eigenvalue weighted by atomic mass is 10.0. The van der Waals surface area contributed by atoms with E-state index in [1.807, 2.05) is 6.07 Å². The fraction of sp³-hybridized carbons (Fsp3) is 0.351. The maximum absolute atomic E-state index is 13.8. The number of carboxylic acid groups (broad SMARTS) is 2. The summed E-state index contributed by atoms with van der Waals surface area (Å²) in [5, 5.41) is 40.8. The second kappa shape index (κ2) is 20.7. The van der Waals surface area contributed by atoms with E-state index < -0.39 is 85.1 Å². The number of rotatable bonds is 20. The van der Waals surface area contributed by atoms with Crippen LogP contribution in [0.3, 0.4) is 0 Å². The van der Waals surface area contributed by atoms with Crippen LogP contribution in [-0.2, 0) is 46.5 Å². The normalized spacial score (nSPS) is 12.9. The number of carboxylic acids is 2. The number of benzene rings is 2. The van der Waals surface area contributed by atoms with E-state index in [9.17, 15) is 43.8 Å². The SMILES string of the molecule is CC(C)CC(NC(=O)OCc1ccccc1)C(=O)NC(CCC(=O)O)C(=O)NC(Cc1cnc[nH]1)C(=O)NC(CC(=O)O)C(=O)Nc1ccc2nc(C#N)sc2c1. The molecule has 0 fully saturated rings. The molecule has 2 heterocycles. The summed E-state index contributed by atoms with van der Waals surface area (Å²) in [6, 6.07) is 9.48. The summed E-state index contributed by atoms with van der Waals surface area (Å²) in [6.45, 7) is 3.52. The number of ether oxygens (including phenoxy) is 1. The average Bonchev–Trinajstić information content (AvgIpc) is 3.84. The molecule has 2 aromatic heterocycles. The molecule has 4 aromatic rings. The fourth-order valence-corrected chi connectivity index (χ4v) is 6.25. The van der Waals surface area contributed by atoms with Crippen LogP contribution in [0.2, 0.25) is 0 Å². The van der Waals surface area contributed by atoms with Crippen molar-refractivity contribution >= 4 is 68.9 Å². The molecule has 5 amide bonds. The molecule has 2 aromatic carbocycles. The zero-order valence-electron chi connectivity index (χ0n) is 30.8. The molecule has 4 atom stereocenters. The van der Waals surface area contributed by atoms with Gasteiger partial charge >= 0.3 is 18.0 Å². The van der Waals surface area contributed by atoms with Crippen LogP contribution in [-0.4, -0.2) is 91.0 Å². The summed E-state index contributed by atoms with van der Waals surface area (Å²) in [7, 11) is 0. The number of nitriles is 1. The second-order valence-electron chi connectivity index (χ2n) is 13.2. The molecule has 20 heteroatoms. The van der Waals surface area contributed by atoms with Crippen LogP contribution in [0.15, 0.2) is 61.1 Å². The molecule has 4 unspecified atom stereocenters. The maximum atomic E-state index is 13.8. The van der Waals surface area contributed by atoms with Crippen molar-refractivity contribution in [2.75, 3.05) is 5.32 Å². The first-order chi connectivity index (χ1) is 27.2. The molecule has 19 nitrogen and oxygen atoms in total. The van der Waals surface area contributed by atoms with E-state index in [0.29, 0.717) is 21.5 Å². The minimum atomic E-state index is -1.64.